The molecular formula is C14H15ClFN5. The van der Waals surface area contributed by atoms with Crippen LogP contribution in [0.25, 0.3) is 0 Å². The predicted molar refractivity (Wildman–Crippen MR) is 81.2 cm³/mol. The van der Waals surface area contributed by atoms with Gasteiger partial charge in [0.2, 0.25) is 0 Å². The molecule has 1 fully saturated rings. The smallest absolute Gasteiger partial charge is 0.148 e. The average molecular weight is 308 g/mol. The Labute approximate surface area is 126 Å². The van der Waals surface area contributed by atoms with Crippen molar-refractivity contribution in [1.82, 2.24) is 9.97 Å². The highest BCUT2D eigenvalue weighted by Crippen LogP contribution is 2.39. The first-order valence-electron chi connectivity index (χ1n) is 6.65. The molecule has 1 aromatic heterocycles. The minimum atomic E-state index is -0.434. The Morgan fingerprint density at radius 3 is 2.62 bits per heavy atom. The third-order valence-corrected chi connectivity index (χ3v) is 3.66. The van der Waals surface area contributed by atoms with Gasteiger partial charge in [0.15, 0.2) is 0 Å². The van der Waals surface area contributed by atoms with E-state index in [1.807, 2.05) is 6.92 Å². The van der Waals surface area contributed by atoms with Crippen LogP contribution in [-0.2, 0) is 0 Å². The molecule has 0 spiro atoms. The first-order chi connectivity index (χ1) is 10.1. The van der Waals surface area contributed by atoms with Gasteiger partial charge >= 0.3 is 0 Å². The van der Waals surface area contributed by atoms with Crippen molar-refractivity contribution in [3.63, 3.8) is 0 Å². The molecule has 0 aliphatic heterocycles. The molecular weight excluding hydrogens is 293 g/mol. The quantitative estimate of drug-likeness (QED) is 0.595. The maximum atomic E-state index is 13.9. The zero-order chi connectivity index (χ0) is 15.0. The largest absolute Gasteiger partial charge is 0.337 e. The van der Waals surface area contributed by atoms with E-state index in [-0.39, 0.29) is 0 Å². The summed E-state index contributed by atoms with van der Waals surface area (Å²) in [6.45, 7) is 1.82. The number of hydrogen-bond acceptors (Lipinski definition) is 5. The molecule has 0 saturated heterocycles. The number of anilines is 3. The van der Waals surface area contributed by atoms with E-state index in [0.29, 0.717) is 28.3 Å². The monoisotopic (exact) mass is 307 g/mol. The summed E-state index contributed by atoms with van der Waals surface area (Å²) in [6.07, 6.45) is 2.14. The van der Waals surface area contributed by atoms with Gasteiger partial charge in [-0.15, -0.1) is 0 Å². The normalized spacial score (nSPS) is 14.1. The van der Waals surface area contributed by atoms with Crippen molar-refractivity contribution in [2.24, 2.45) is 5.84 Å². The van der Waals surface area contributed by atoms with E-state index in [0.717, 1.165) is 24.2 Å². The Balaban J connectivity index is 1.98. The number of nitrogens with one attached hydrogen (secondary N) is 2. The predicted octanol–water partition coefficient (Wildman–Crippen LogP) is 3.48. The Morgan fingerprint density at radius 1 is 1.29 bits per heavy atom. The Hall–Kier alpha value is -1.92. The van der Waals surface area contributed by atoms with E-state index in [1.54, 1.807) is 12.1 Å². The summed E-state index contributed by atoms with van der Waals surface area (Å²) >= 11 is 5.75. The molecule has 110 valence electrons. The lowest BCUT2D eigenvalue weighted by Gasteiger charge is -2.14. The lowest BCUT2D eigenvalue weighted by Crippen LogP contribution is -2.14. The lowest BCUT2D eigenvalue weighted by atomic mass is 10.2. The Morgan fingerprint density at radius 2 is 2.00 bits per heavy atom. The standard InChI is InChI=1S/C14H15ClFN5/c1-7-12(18-11-5-4-9(15)6-10(11)16)19-14(8-2-3-8)20-13(7)21-17/h4-6,8H,2-3,17H2,1H3,(H2,18,19,20,21). The lowest BCUT2D eigenvalue weighted by molar-refractivity contribution is 0.632. The summed E-state index contributed by atoms with van der Waals surface area (Å²) in [7, 11) is 0. The van der Waals surface area contributed by atoms with Gasteiger partial charge in [-0.3, -0.25) is 0 Å². The van der Waals surface area contributed by atoms with Crippen molar-refractivity contribution >= 4 is 28.9 Å². The summed E-state index contributed by atoms with van der Waals surface area (Å²) in [4.78, 5) is 8.87. The van der Waals surface area contributed by atoms with Crippen LogP contribution in [0, 0.1) is 12.7 Å². The van der Waals surface area contributed by atoms with Gasteiger partial charge < -0.3 is 10.7 Å². The third kappa shape index (κ3) is 2.91. The van der Waals surface area contributed by atoms with Gasteiger partial charge in [0.05, 0.1) is 5.69 Å². The van der Waals surface area contributed by atoms with E-state index in [9.17, 15) is 4.39 Å². The summed E-state index contributed by atoms with van der Waals surface area (Å²) < 4.78 is 13.9. The van der Waals surface area contributed by atoms with Crippen molar-refractivity contribution in [2.45, 2.75) is 25.7 Å². The number of hydrogen-bond donors (Lipinski definition) is 3. The third-order valence-electron chi connectivity index (χ3n) is 3.43. The average Bonchev–Trinajstić information content (AvgIpc) is 3.28. The highest BCUT2D eigenvalue weighted by atomic mass is 35.5. The van der Waals surface area contributed by atoms with Gasteiger partial charge in [-0.1, -0.05) is 11.6 Å². The summed E-state index contributed by atoms with van der Waals surface area (Å²) in [6, 6.07) is 4.45. The fourth-order valence-corrected chi connectivity index (χ4v) is 2.20. The van der Waals surface area contributed by atoms with Crippen molar-refractivity contribution in [2.75, 3.05) is 10.7 Å². The van der Waals surface area contributed by atoms with Crippen molar-refractivity contribution < 1.29 is 4.39 Å². The number of nitrogens with zero attached hydrogens (tertiary/aromatic N) is 2. The number of aromatic nitrogens is 2. The summed E-state index contributed by atoms with van der Waals surface area (Å²) in [5.74, 6) is 7.24. The van der Waals surface area contributed by atoms with E-state index in [1.165, 1.54) is 6.07 Å². The molecule has 0 atom stereocenters. The zero-order valence-electron chi connectivity index (χ0n) is 11.5. The molecule has 1 aromatic carbocycles. The van der Waals surface area contributed by atoms with Gasteiger partial charge in [0, 0.05) is 16.5 Å². The molecule has 1 heterocycles. The minimum Gasteiger partial charge on any atom is -0.337 e. The SMILES string of the molecule is Cc1c(NN)nc(C2CC2)nc1Nc1ccc(Cl)cc1F. The molecule has 5 nitrogen and oxygen atoms in total. The molecule has 0 radical (unpaired) electrons. The summed E-state index contributed by atoms with van der Waals surface area (Å²) in [5.41, 5.74) is 3.61. The van der Waals surface area contributed by atoms with Crippen LogP contribution in [-0.4, -0.2) is 9.97 Å². The zero-order valence-corrected chi connectivity index (χ0v) is 12.2. The highest BCUT2D eigenvalue weighted by molar-refractivity contribution is 6.30. The molecule has 1 aliphatic carbocycles. The number of benzene rings is 1. The van der Waals surface area contributed by atoms with Gasteiger partial charge in [-0.2, -0.15) is 0 Å². The highest BCUT2D eigenvalue weighted by Gasteiger charge is 2.28. The van der Waals surface area contributed by atoms with Gasteiger partial charge in [-0.25, -0.2) is 20.2 Å². The van der Waals surface area contributed by atoms with Crippen molar-refractivity contribution in [3.05, 3.63) is 40.4 Å². The summed E-state index contributed by atoms with van der Waals surface area (Å²) in [5, 5.41) is 3.33. The van der Waals surface area contributed by atoms with Gasteiger partial charge in [0.25, 0.3) is 0 Å². The molecule has 0 amide bonds. The van der Waals surface area contributed by atoms with Crippen LogP contribution in [0.2, 0.25) is 5.02 Å². The molecule has 21 heavy (non-hydrogen) atoms. The Bertz CT molecular complexity index is 687. The number of hydrazine groups is 1. The van der Waals surface area contributed by atoms with Crippen LogP contribution in [0.4, 0.5) is 21.7 Å². The number of rotatable bonds is 4. The maximum absolute atomic E-state index is 13.9. The van der Waals surface area contributed by atoms with E-state index in [4.69, 9.17) is 17.4 Å². The molecule has 1 saturated carbocycles. The molecule has 1 aliphatic rings. The van der Waals surface area contributed by atoms with Crippen molar-refractivity contribution in [3.8, 4) is 0 Å². The maximum Gasteiger partial charge on any atom is 0.148 e. The van der Waals surface area contributed by atoms with E-state index in [2.05, 4.69) is 20.7 Å². The van der Waals surface area contributed by atoms with Gasteiger partial charge in [0.1, 0.15) is 23.3 Å². The van der Waals surface area contributed by atoms with Crippen LogP contribution in [0.15, 0.2) is 18.2 Å². The number of nitrogens with two attached hydrogens (primary N) is 1. The molecule has 3 rings (SSSR count). The number of nitrogen functional groups attached to an aromatic ring is 1. The topological polar surface area (TPSA) is 75.9 Å². The molecule has 0 unspecified atom stereocenters. The second kappa shape index (κ2) is 5.46. The van der Waals surface area contributed by atoms with Gasteiger partial charge in [-0.05, 0) is 38.0 Å². The fraction of sp³-hybridized carbons (Fsp3) is 0.286. The Kier molecular flexibility index (Phi) is 3.65. The van der Waals surface area contributed by atoms with E-state index < -0.39 is 5.82 Å². The fourth-order valence-electron chi connectivity index (χ4n) is 2.04. The molecule has 7 heteroatoms. The second-order valence-electron chi connectivity index (χ2n) is 5.07. The van der Waals surface area contributed by atoms with Crippen LogP contribution >= 0.6 is 11.6 Å². The minimum absolute atomic E-state index is 0.311. The van der Waals surface area contributed by atoms with Crippen LogP contribution in [0.5, 0.6) is 0 Å². The van der Waals surface area contributed by atoms with E-state index >= 15 is 0 Å². The molecule has 2 aromatic rings. The molecule has 0 bridgehead atoms. The number of halogens is 2. The second-order valence-corrected chi connectivity index (χ2v) is 5.51. The van der Waals surface area contributed by atoms with Crippen LogP contribution < -0.4 is 16.6 Å². The van der Waals surface area contributed by atoms with Crippen molar-refractivity contribution in [1.29, 1.82) is 0 Å². The first-order valence-corrected chi connectivity index (χ1v) is 7.03. The first kappa shape index (κ1) is 14.0. The van der Waals surface area contributed by atoms with Crippen LogP contribution in [0.3, 0.4) is 0 Å². The van der Waals surface area contributed by atoms with Crippen LogP contribution in [0.1, 0.15) is 30.1 Å². The molecule has 4 N–H and O–H groups in total.